The third kappa shape index (κ3) is 1.44. The number of ether oxygens (including phenoxy) is 1. The molecular formula is C7H6FN2O+. The minimum Gasteiger partial charge on any atom is -0.493 e. The molecule has 0 fully saturated rings. The quantitative estimate of drug-likeness (QED) is 0.580. The lowest BCUT2D eigenvalue weighted by Crippen LogP contribution is -1.85. The van der Waals surface area contributed by atoms with E-state index < -0.39 is 5.82 Å². The molecular weight excluding hydrogens is 147 g/mol. The van der Waals surface area contributed by atoms with Crippen molar-refractivity contribution in [3.05, 3.63) is 29.0 Å². The fraction of sp³-hybridized carbons (Fsp3) is 0.143. The van der Waals surface area contributed by atoms with E-state index in [0.29, 0.717) is 0 Å². The summed E-state index contributed by atoms with van der Waals surface area (Å²) in [6.45, 7) is 0. The van der Waals surface area contributed by atoms with Crippen molar-refractivity contribution in [3.63, 3.8) is 0 Å². The molecule has 1 aromatic rings. The molecule has 11 heavy (non-hydrogen) atoms. The lowest BCUT2D eigenvalue weighted by Gasteiger charge is -1.96. The maximum absolute atomic E-state index is 12.7. The molecule has 0 saturated heterocycles. The topological polar surface area (TPSA) is 37.4 Å². The summed E-state index contributed by atoms with van der Waals surface area (Å²) in [5, 5.41) is 8.30. The van der Waals surface area contributed by atoms with Crippen molar-refractivity contribution in [2.75, 3.05) is 7.11 Å². The third-order valence-corrected chi connectivity index (χ3v) is 1.25. The van der Waals surface area contributed by atoms with Crippen molar-refractivity contribution in [3.8, 4) is 5.75 Å². The summed E-state index contributed by atoms with van der Waals surface area (Å²) in [5.74, 6) is -0.403. The van der Waals surface area contributed by atoms with E-state index in [1.807, 2.05) is 0 Å². The molecule has 3 nitrogen and oxygen atoms in total. The molecule has 0 radical (unpaired) electrons. The predicted molar refractivity (Wildman–Crippen MR) is 37.7 cm³/mol. The van der Waals surface area contributed by atoms with Crippen LogP contribution in [0.2, 0.25) is 0 Å². The molecule has 4 heteroatoms. The van der Waals surface area contributed by atoms with Gasteiger partial charge in [0.2, 0.25) is 5.39 Å². The number of benzene rings is 1. The van der Waals surface area contributed by atoms with E-state index >= 15 is 0 Å². The van der Waals surface area contributed by atoms with Crippen LogP contribution >= 0.6 is 0 Å². The Hall–Kier alpha value is -1.63. The van der Waals surface area contributed by atoms with E-state index in [1.54, 1.807) is 0 Å². The van der Waals surface area contributed by atoms with E-state index in [9.17, 15) is 4.39 Å². The monoisotopic (exact) mass is 153 g/mol. The summed E-state index contributed by atoms with van der Waals surface area (Å²) in [6, 6.07) is 3.82. The van der Waals surface area contributed by atoms with E-state index in [0.717, 1.165) is 0 Å². The van der Waals surface area contributed by atoms with Gasteiger partial charge in [-0.1, -0.05) is 0 Å². The van der Waals surface area contributed by atoms with Crippen LogP contribution in [0, 0.1) is 11.2 Å². The summed E-state index contributed by atoms with van der Waals surface area (Å²) < 4.78 is 17.3. The van der Waals surface area contributed by atoms with Crippen molar-refractivity contribution < 1.29 is 9.13 Å². The van der Waals surface area contributed by atoms with Gasteiger partial charge in [0.05, 0.1) is 13.2 Å². The Balaban J connectivity index is 3.15. The van der Waals surface area contributed by atoms with Gasteiger partial charge >= 0.3 is 5.69 Å². The van der Waals surface area contributed by atoms with Gasteiger partial charge in [-0.15, -0.1) is 0 Å². The summed E-state index contributed by atoms with van der Waals surface area (Å²) in [7, 11) is 1.35. The van der Waals surface area contributed by atoms with Crippen LogP contribution in [0.1, 0.15) is 0 Å². The average molecular weight is 153 g/mol. The Morgan fingerprint density at radius 3 is 2.82 bits per heavy atom. The van der Waals surface area contributed by atoms with Crippen LogP contribution in [0.15, 0.2) is 18.2 Å². The Morgan fingerprint density at radius 1 is 1.55 bits per heavy atom. The van der Waals surface area contributed by atoms with Crippen LogP contribution in [-0.2, 0) is 0 Å². The van der Waals surface area contributed by atoms with Gasteiger partial charge < -0.3 is 4.74 Å². The van der Waals surface area contributed by atoms with Gasteiger partial charge in [0.25, 0.3) is 0 Å². The zero-order valence-electron chi connectivity index (χ0n) is 5.91. The summed E-state index contributed by atoms with van der Waals surface area (Å²) in [4.78, 5) is 2.87. The molecule has 0 unspecified atom stereocenters. The maximum Gasteiger partial charge on any atom is 0.388 e. The van der Waals surface area contributed by atoms with E-state index in [4.69, 9.17) is 5.39 Å². The predicted octanol–water partition coefficient (Wildman–Crippen LogP) is 2.32. The number of nitrogens with zero attached hydrogens (tertiary/aromatic N) is 2. The van der Waals surface area contributed by atoms with Crippen molar-refractivity contribution in [1.29, 1.82) is 5.39 Å². The third-order valence-electron chi connectivity index (χ3n) is 1.25. The molecule has 1 rings (SSSR count). The first kappa shape index (κ1) is 7.48. The number of diazo groups is 1. The molecule has 0 aromatic heterocycles. The molecule has 0 saturated carbocycles. The molecule has 0 aliphatic heterocycles. The van der Waals surface area contributed by atoms with Crippen LogP contribution in [-0.4, -0.2) is 7.11 Å². The Bertz CT molecular complexity index is 306. The lowest BCUT2D eigenvalue weighted by molar-refractivity contribution is 0.387. The fourth-order valence-corrected chi connectivity index (χ4v) is 0.711. The number of rotatable bonds is 1. The maximum atomic E-state index is 12.7. The van der Waals surface area contributed by atoms with Gasteiger partial charge in [-0.05, 0) is 6.07 Å². The minimum atomic E-state index is -0.472. The van der Waals surface area contributed by atoms with Crippen LogP contribution < -0.4 is 4.74 Å². The van der Waals surface area contributed by atoms with Gasteiger partial charge in [0.1, 0.15) is 0 Å². The van der Waals surface area contributed by atoms with Crippen molar-refractivity contribution in [2.45, 2.75) is 0 Å². The first-order valence-electron chi connectivity index (χ1n) is 2.96. The Labute approximate surface area is 63.0 Å². The van der Waals surface area contributed by atoms with Crippen molar-refractivity contribution in [1.82, 2.24) is 0 Å². The van der Waals surface area contributed by atoms with Gasteiger partial charge in [-0.25, -0.2) is 4.39 Å². The van der Waals surface area contributed by atoms with Gasteiger partial charge in [-0.3, -0.25) is 0 Å². The Morgan fingerprint density at radius 2 is 2.27 bits per heavy atom. The number of halogens is 1. The standard InChI is InChI=1S/C7H6FN2O/c1-11-7-4-5(10-9)2-3-6(7)8/h2-4H,1H3/q+1. The highest BCUT2D eigenvalue weighted by Crippen LogP contribution is 2.22. The molecule has 0 amide bonds. The molecule has 0 bridgehead atoms. The normalized spacial score (nSPS) is 8.82. The SMILES string of the molecule is COc1cc([N+]#N)ccc1F. The average Bonchev–Trinajstić information content (AvgIpc) is 2.05. The molecule has 1 aromatic carbocycles. The molecule has 56 valence electrons. The minimum absolute atomic E-state index is 0.0697. The molecule has 0 heterocycles. The van der Waals surface area contributed by atoms with E-state index in [2.05, 4.69) is 9.71 Å². The van der Waals surface area contributed by atoms with Gasteiger partial charge in [0, 0.05) is 6.07 Å². The molecule has 0 atom stereocenters. The first-order valence-corrected chi connectivity index (χ1v) is 2.96. The van der Waals surface area contributed by atoms with Crippen LogP contribution in [0.25, 0.3) is 4.98 Å². The lowest BCUT2D eigenvalue weighted by atomic mass is 10.3. The first-order chi connectivity index (χ1) is 5.27. The van der Waals surface area contributed by atoms with Crippen LogP contribution in [0.5, 0.6) is 5.75 Å². The van der Waals surface area contributed by atoms with Crippen LogP contribution in [0.3, 0.4) is 0 Å². The summed E-state index contributed by atoms with van der Waals surface area (Å²) in [5.41, 5.74) is 0.267. The van der Waals surface area contributed by atoms with E-state index in [-0.39, 0.29) is 11.4 Å². The largest absolute Gasteiger partial charge is 0.493 e. The molecule has 0 N–H and O–H groups in total. The number of methoxy groups -OCH3 is 1. The highest BCUT2D eigenvalue weighted by atomic mass is 19.1. The fourth-order valence-electron chi connectivity index (χ4n) is 0.711. The Kier molecular flexibility index (Phi) is 2.02. The molecule has 0 aliphatic rings. The second-order valence-electron chi connectivity index (χ2n) is 1.92. The second-order valence-corrected chi connectivity index (χ2v) is 1.92. The number of hydrogen-bond acceptors (Lipinski definition) is 2. The van der Waals surface area contributed by atoms with Gasteiger partial charge in [-0.2, -0.15) is 0 Å². The number of hydrogen-bond donors (Lipinski definition) is 0. The summed E-state index contributed by atoms with van der Waals surface area (Å²) >= 11 is 0. The van der Waals surface area contributed by atoms with Gasteiger partial charge in [0.15, 0.2) is 16.5 Å². The van der Waals surface area contributed by atoms with Crippen LogP contribution in [0.4, 0.5) is 10.1 Å². The van der Waals surface area contributed by atoms with Crippen molar-refractivity contribution in [2.24, 2.45) is 0 Å². The highest BCUT2D eigenvalue weighted by molar-refractivity contribution is 5.48. The zero-order valence-corrected chi connectivity index (χ0v) is 5.91. The molecule has 0 spiro atoms. The smallest absolute Gasteiger partial charge is 0.388 e. The summed E-state index contributed by atoms with van der Waals surface area (Å²) in [6.07, 6.45) is 0. The zero-order chi connectivity index (χ0) is 8.27. The second kappa shape index (κ2) is 2.97. The molecule has 0 aliphatic carbocycles. The van der Waals surface area contributed by atoms with Crippen molar-refractivity contribution >= 4 is 5.69 Å². The van der Waals surface area contributed by atoms with E-state index in [1.165, 1.54) is 25.3 Å². The highest BCUT2D eigenvalue weighted by Gasteiger charge is 2.09.